The second kappa shape index (κ2) is 5.07. The van der Waals surface area contributed by atoms with E-state index in [1.165, 1.54) is 0 Å². The molecular weight excluding hydrogens is 216 g/mol. The summed E-state index contributed by atoms with van der Waals surface area (Å²) in [6.45, 7) is 2.48. The highest BCUT2D eigenvalue weighted by Gasteiger charge is 2.10. The predicted molar refractivity (Wildman–Crippen MR) is 64.3 cm³/mol. The molecular formula is C12H16N4O. The zero-order valence-corrected chi connectivity index (χ0v) is 9.74. The molecule has 5 heteroatoms. The Morgan fingerprint density at radius 1 is 1.47 bits per heavy atom. The molecule has 1 unspecified atom stereocenters. The lowest BCUT2D eigenvalue weighted by Crippen LogP contribution is -2.19. The third-order valence-corrected chi connectivity index (χ3v) is 2.60. The number of imidazole rings is 1. The number of aliphatic hydroxyl groups is 1. The molecule has 17 heavy (non-hydrogen) atoms. The summed E-state index contributed by atoms with van der Waals surface area (Å²) >= 11 is 0. The van der Waals surface area contributed by atoms with Crippen LogP contribution in [0.25, 0.3) is 0 Å². The summed E-state index contributed by atoms with van der Waals surface area (Å²) < 4.78 is 1.91. The van der Waals surface area contributed by atoms with Crippen LogP contribution in [0.4, 0.5) is 0 Å². The van der Waals surface area contributed by atoms with E-state index in [2.05, 4.69) is 9.97 Å². The Balaban J connectivity index is 2.22. The van der Waals surface area contributed by atoms with Crippen LogP contribution in [-0.4, -0.2) is 26.2 Å². The van der Waals surface area contributed by atoms with E-state index in [1.807, 2.05) is 29.7 Å². The Kier molecular flexibility index (Phi) is 3.51. The maximum absolute atomic E-state index is 9.06. The first-order valence-corrected chi connectivity index (χ1v) is 5.49. The number of aromatic nitrogens is 3. The quantitative estimate of drug-likeness (QED) is 0.810. The van der Waals surface area contributed by atoms with E-state index in [0.29, 0.717) is 6.54 Å². The van der Waals surface area contributed by atoms with Crippen molar-refractivity contribution in [3.63, 3.8) is 0 Å². The third kappa shape index (κ3) is 2.69. The summed E-state index contributed by atoms with van der Waals surface area (Å²) in [6, 6.07) is 5.49. The molecule has 0 aliphatic carbocycles. The number of hydrogen-bond donors (Lipinski definition) is 2. The zero-order valence-electron chi connectivity index (χ0n) is 9.74. The number of hydrogen-bond acceptors (Lipinski definition) is 4. The molecule has 0 amide bonds. The minimum atomic E-state index is -0.401. The van der Waals surface area contributed by atoms with E-state index < -0.39 is 6.04 Å². The van der Waals surface area contributed by atoms with E-state index in [-0.39, 0.29) is 6.61 Å². The molecule has 5 nitrogen and oxygen atoms in total. The molecule has 2 heterocycles. The van der Waals surface area contributed by atoms with Crippen molar-refractivity contribution in [1.29, 1.82) is 0 Å². The molecule has 2 rings (SSSR count). The standard InChI is InChI=1S/C12H16N4O/c1-9-3-2-4-10(15-9)6-16-8-14-5-12(16)11(13)7-17/h2-5,8,11,17H,6-7,13H2,1H3. The minimum absolute atomic E-state index is 0.0903. The van der Waals surface area contributed by atoms with Gasteiger partial charge in [0.2, 0.25) is 0 Å². The molecule has 0 saturated heterocycles. The number of aliphatic hydroxyl groups excluding tert-OH is 1. The Bertz CT molecular complexity index is 495. The summed E-state index contributed by atoms with van der Waals surface area (Å²) in [7, 11) is 0. The van der Waals surface area contributed by atoms with Gasteiger partial charge in [-0.15, -0.1) is 0 Å². The maximum Gasteiger partial charge on any atom is 0.0952 e. The second-order valence-electron chi connectivity index (χ2n) is 4.01. The second-order valence-corrected chi connectivity index (χ2v) is 4.01. The van der Waals surface area contributed by atoms with Crippen LogP contribution in [0.3, 0.4) is 0 Å². The average molecular weight is 232 g/mol. The average Bonchev–Trinajstić information content (AvgIpc) is 2.76. The molecule has 3 N–H and O–H groups in total. The molecule has 0 aromatic carbocycles. The van der Waals surface area contributed by atoms with Crippen LogP contribution < -0.4 is 5.73 Å². The molecule has 0 bridgehead atoms. The lowest BCUT2D eigenvalue weighted by atomic mass is 10.2. The van der Waals surface area contributed by atoms with Crippen molar-refractivity contribution in [3.8, 4) is 0 Å². The van der Waals surface area contributed by atoms with Gasteiger partial charge in [0.15, 0.2) is 0 Å². The highest BCUT2D eigenvalue weighted by molar-refractivity contribution is 5.13. The molecule has 0 fully saturated rings. The Labute approximate surface area is 99.9 Å². The summed E-state index contributed by atoms with van der Waals surface area (Å²) in [6.07, 6.45) is 3.38. The molecule has 1 atom stereocenters. The highest BCUT2D eigenvalue weighted by Crippen LogP contribution is 2.11. The van der Waals surface area contributed by atoms with Crippen molar-refractivity contribution in [2.75, 3.05) is 6.61 Å². The van der Waals surface area contributed by atoms with Gasteiger partial charge in [0, 0.05) is 11.9 Å². The topological polar surface area (TPSA) is 77.0 Å². The Morgan fingerprint density at radius 3 is 3.00 bits per heavy atom. The van der Waals surface area contributed by atoms with Crippen LogP contribution >= 0.6 is 0 Å². The minimum Gasteiger partial charge on any atom is -0.394 e. The lowest BCUT2D eigenvalue weighted by Gasteiger charge is -2.12. The third-order valence-electron chi connectivity index (χ3n) is 2.60. The number of pyridine rings is 1. The van der Waals surface area contributed by atoms with Crippen molar-refractivity contribution in [2.45, 2.75) is 19.5 Å². The number of rotatable bonds is 4. The van der Waals surface area contributed by atoms with Gasteiger partial charge >= 0.3 is 0 Å². The zero-order chi connectivity index (χ0) is 12.3. The van der Waals surface area contributed by atoms with Gasteiger partial charge in [0.1, 0.15) is 0 Å². The smallest absolute Gasteiger partial charge is 0.0952 e. The molecule has 0 aliphatic rings. The summed E-state index contributed by atoms with van der Waals surface area (Å²) in [4.78, 5) is 8.48. The number of nitrogens with zero attached hydrogens (tertiary/aromatic N) is 3. The van der Waals surface area contributed by atoms with Gasteiger partial charge in [-0.25, -0.2) is 4.98 Å². The number of aryl methyl sites for hydroxylation is 1. The first kappa shape index (κ1) is 11.8. The normalized spacial score (nSPS) is 12.6. The first-order valence-electron chi connectivity index (χ1n) is 5.49. The molecule has 90 valence electrons. The summed E-state index contributed by atoms with van der Waals surface area (Å²) in [5.41, 5.74) is 8.54. The fourth-order valence-electron chi connectivity index (χ4n) is 1.73. The maximum atomic E-state index is 9.06. The van der Waals surface area contributed by atoms with Gasteiger partial charge in [-0.3, -0.25) is 4.98 Å². The summed E-state index contributed by atoms with van der Waals surface area (Å²) in [5, 5.41) is 9.06. The van der Waals surface area contributed by atoms with E-state index in [0.717, 1.165) is 17.1 Å². The Hall–Kier alpha value is -1.72. The summed E-state index contributed by atoms with van der Waals surface area (Å²) in [5.74, 6) is 0. The van der Waals surface area contributed by atoms with E-state index in [4.69, 9.17) is 10.8 Å². The molecule has 0 radical (unpaired) electrons. The van der Waals surface area contributed by atoms with E-state index in [9.17, 15) is 0 Å². The highest BCUT2D eigenvalue weighted by atomic mass is 16.3. The van der Waals surface area contributed by atoms with Crippen molar-refractivity contribution >= 4 is 0 Å². The van der Waals surface area contributed by atoms with Gasteiger partial charge in [-0.1, -0.05) is 6.07 Å². The monoisotopic (exact) mass is 232 g/mol. The van der Waals surface area contributed by atoms with Gasteiger partial charge < -0.3 is 15.4 Å². The van der Waals surface area contributed by atoms with Crippen LogP contribution in [0.2, 0.25) is 0 Å². The fraction of sp³-hybridized carbons (Fsp3) is 0.333. The van der Waals surface area contributed by atoms with Gasteiger partial charge in [-0.2, -0.15) is 0 Å². The van der Waals surface area contributed by atoms with Crippen LogP contribution in [0.1, 0.15) is 23.1 Å². The van der Waals surface area contributed by atoms with Crippen LogP contribution in [0, 0.1) is 6.92 Å². The molecule has 0 spiro atoms. The molecule has 0 saturated carbocycles. The predicted octanol–water partition coefficient (Wildman–Crippen LogP) is 0.627. The largest absolute Gasteiger partial charge is 0.394 e. The van der Waals surface area contributed by atoms with E-state index >= 15 is 0 Å². The number of nitrogens with two attached hydrogens (primary N) is 1. The van der Waals surface area contributed by atoms with Crippen molar-refractivity contribution in [2.24, 2.45) is 5.73 Å². The van der Waals surface area contributed by atoms with Gasteiger partial charge in [0.05, 0.1) is 36.9 Å². The van der Waals surface area contributed by atoms with Crippen molar-refractivity contribution in [1.82, 2.24) is 14.5 Å². The Morgan fingerprint density at radius 2 is 2.29 bits per heavy atom. The SMILES string of the molecule is Cc1cccc(Cn2cncc2C(N)CO)n1. The van der Waals surface area contributed by atoms with E-state index in [1.54, 1.807) is 12.5 Å². The van der Waals surface area contributed by atoms with Crippen LogP contribution in [0.5, 0.6) is 0 Å². The molecule has 2 aromatic heterocycles. The fourth-order valence-corrected chi connectivity index (χ4v) is 1.73. The molecule has 0 aliphatic heterocycles. The van der Waals surface area contributed by atoms with Crippen molar-refractivity contribution < 1.29 is 5.11 Å². The van der Waals surface area contributed by atoms with Crippen LogP contribution in [0.15, 0.2) is 30.7 Å². The van der Waals surface area contributed by atoms with Crippen LogP contribution in [-0.2, 0) is 6.54 Å². The van der Waals surface area contributed by atoms with Gasteiger partial charge in [0.25, 0.3) is 0 Å². The lowest BCUT2D eigenvalue weighted by molar-refractivity contribution is 0.263. The molecule has 2 aromatic rings. The van der Waals surface area contributed by atoms with Crippen molar-refractivity contribution in [3.05, 3.63) is 47.8 Å². The first-order chi connectivity index (χ1) is 8.20. The van der Waals surface area contributed by atoms with Gasteiger partial charge in [-0.05, 0) is 19.1 Å².